The van der Waals surface area contributed by atoms with Gasteiger partial charge in [-0.3, -0.25) is 4.79 Å². The summed E-state index contributed by atoms with van der Waals surface area (Å²) >= 11 is 0. The van der Waals surface area contributed by atoms with Crippen molar-refractivity contribution >= 4 is 26.8 Å². The number of benzene rings is 2. The van der Waals surface area contributed by atoms with Crippen molar-refractivity contribution < 1.29 is 13.2 Å². The van der Waals surface area contributed by atoms with Gasteiger partial charge >= 0.3 is 0 Å². The molecule has 7 nitrogen and oxygen atoms in total. The van der Waals surface area contributed by atoms with Crippen LogP contribution in [-0.4, -0.2) is 41.5 Å². The van der Waals surface area contributed by atoms with Gasteiger partial charge in [0.1, 0.15) is 11.6 Å². The smallest absolute Gasteiger partial charge is 0.238 e. The predicted octanol–water partition coefficient (Wildman–Crippen LogP) is 2.71. The zero-order valence-electron chi connectivity index (χ0n) is 15.7. The number of aromatic amines is 1. The topological polar surface area (TPSA) is 107 Å². The molecule has 0 aliphatic carbocycles. The van der Waals surface area contributed by atoms with Crippen LogP contribution in [0.15, 0.2) is 48.5 Å². The summed E-state index contributed by atoms with van der Waals surface area (Å²) in [7, 11) is -3.63. The second kappa shape index (κ2) is 7.68. The first kappa shape index (κ1) is 19.2. The van der Waals surface area contributed by atoms with Crippen LogP contribution in [0.1, 0.15) is 35.8 Å². The lowest BCUT2D eigenvalue weighted by Gasteiger charge is -2.23. The van der Waals surface area contributed by atoms with Crippen molar-refractivity contribution in [3.8, 4) is 6.07 Å². The van der Waals surface area contributed by atoms with E-state index < -0.39 is 21.5 Å². The molecule has 0 bridgehead atoms. The molecule has 1 atom stereocenters. The minimum absolute atomic E-state index is 0.229. The fourth-order valence-corrected chi connectivity index (χ4v) is 5.08. The minimum atomic E-state index is -3.63. The van der Waals surface area contributed by atoms with Gasteiger partial charge in [0.25, 0.3) is 0 Å². The number of hydrogen-bond acceptors (Lipinski definition) is 5. The Morgan fingerprint density at radius 3 is 2.69 bits per heavy atom. The van der Waals surface area contributed by atoms with Gasteiger partial charge in [0.05, 0.1) is 34.5 Å². The molecule has 148 valence electrons. The van der Waals surface area contributed by atoms with E-state index in [1.807, 2.05) is 30.3 Å². The summed E-state index contributed by atoms with van der Waals surface area (Å²) in [6.45, 7) is 0.521. The molecule has 1 aliphatic heterocycles. The van der Waals surface area contributed by atoms with Crippen LogP contribution in [0, 0.1) is 11.3 Å². The van der Waals surface area contributed by atoms with E-state index in [4.69, 9.17) is 5.26 Å². The number of fused-ring (bicyclic) bond motifs is 1. The van der Waals surface area contributed by atoms with E-state index in [1.165, 1.54) is 0 Å². The van der Waals surface area contributed by atoms with Crippen molar-refractivity contribution in [3.05, 3.63) is 65.5 Å². The van der Waals surface area contributed by atoms with Gasteiger partial charge < -0.3 is 9.88 Å². The number of H-pyrrole nitrogens is 1. The molecule has 8 heteroatoms. The number of aromatic nitrogens is 2. The van der Waals surface area contributed by atoms with Gasteiger partial charge in [-0.15, -0.1) is 0 Å². The van der Waals surface area contributed by atoms with Gasteiger partial charge in [-0.05, 0) is 42.7 Å². The highest BCUT2D eigenvalue weighted by Gasteiger charge is 2.34. The Hall–Kier alpha value is -3.18. The number of nitrogens with zero attached hydrogens (tertiary/aromatic N) is 3. The number of para-hydroxylation sites is 2. The fourth-order valence-electron chi connectivity index (χ4n) is 3.73. The Bertz CT molecular complexity index is 1160. The number of likely N-dealkylation sites (tertiary alicyclic amines) is 1. The number of amides is 1. The van der Waals surface area contributed by atoms with Gasteiger partial charge in [0.2, 0.25) is 5.91 Å². The van der Waals surface area contributed by atoms with E-state index in [2.05, 4.69) is 9.97 Å². The van der Waals surface area contributed by atoms with Gasteiger partial charge in [-0.2, -0.15) is 5.26 Å². The number of rotatable bonds is 5. The highest BCUT2D eigenvalue weighted by atomic mass is 32.2. The molecule has 2 heterocycles. The molecule has 1 aliphatic rings. The Balaban J connectivity index is 1.48. The molecule has 0 saturated carbocycles. The molecule has 1 fully saturated rings. The maximum Gasteiger partial charge on any atom is 0.238 e. The zero-order chi connectivity index (χ0) is 20.4. The lowest BCUT2D eigenvalue weighted by molar-refractivity contribution is -0.129. The van der Waals surface area contributed by atoms with Crippen LogP contribution in [0.4, 0.5) is 0 Å². The van der Waals surface area contributed by atoms with Crippen LogP contribution in [0.25, 0.3) is 11.0 Å². The molecule has 0 radical (unpaired) electrons. The first-order chi connectivity index (χ1) is 13.9. The van der Waals surface area contributed by atoms with E-state index in [0.717, 1.165) is 23.9 Å². The third kappa shape index (κ3) is 4.15. The number of imidazole rings is 1. The third-order valence-corrected chi connectivity index (χ3v) is 6.57. The first-order valence-electron chi connectivity index (χ1n) is 9.39. The molecular formula is C21H20N4O3S. The summed E-state index contributed by atoms with van der Waals surface area (Å²) in [5.41, 5.74) is 2.76. The Morgan fingerprint density at radius 2 is 1.97 bits per heavy atom. The minimum Gasteiger partial charge on any atom is -0.340 e. The monoisotopic (exact) mass is 408 g/mol. The van der Waals surface area contributed by atoms with Gasteiger partial charge in [-0.1, -0.05) is 24.3 Å². The van der Waals surface area contributed by atoms with E-state index in [0.29, 0.717) is 23.5 Å². The molecule has 1 N–H and O–H groups in total. The summed E-state index contributed by atoms with van der Waals surface area (Å²) in [6, 6.07) is 15.8. The number of carbonyl (C=O) groups excluding carboxylic acids is 1. The molecule has 1 aromatic heterocycles. The molecule has 1 amide bonds. The normalized spacial score (nSPS) is 16.8. The number of nitriles is 1. The van der Waals surface area contributed by atoms with Crippen molar-refractivity contribution in [1.29, 1.82) is 5.26 Å². The summed E-state index contributed by atoms with van der Waals surface area (Å²) in [4.78, 5) is 22.3. The van der Waals surface area contributed by atoms with Crippen LogP contribution >= 0.6 is 0 Å². The predicted molar refractivity (Wildman–Crippen MR) is 108 cm³/mol. The van der Waals surface area contributed by atoms with Crippen LogP contribution in [0.2, 0.25) is 0 Å². The SMILES string of the molecule is N#Cc1ccc(CS(=O)(=O)CC(=O)N2CCCC2c2nc3ccccc3[nH]2)cc1. The van der Waals surface area contributed by atoms with Crippen molar-refractivity contribution in [2.45, 2.75) is 24.6 Å². The number of nitrogens with one attached hydrogen (secondary N) is 1. The van der Waals surface area contributed by atoms with Crippen molar-refractivity contribution in [3.63, 3.8) is 0 Å². The molecular weight excluding hydrogens is 388 g/mol. The van der Waals surface area contributed by atoms with Crippen molar-refractivity contribution in [2.24, 2.45) is 0 Å². The second-order valence-corrected chi connectivity index (χ2v) is 9.29. The zero-order valence-corrected chi connectivity index (χ0v) is 16.5. The molecule has 29 heavy (non-hydrogen) atoms. The lowest BCUT2D eigenvalue weighted by atomic mass is 10.2. The molecule has 1 saturated heterocycles. The van der Waals surface area contributed by atoms with Crippen LogP contribution in [0.5, 0.6) is 0 Å². The van der Waals surface area contributed by atoms with Crippen molar-refractivity contribution in [2.75, 3.05) is 12.3 Å². The molecule has 2 aromatic carbocycles. The molecule has 1 unspecified atom stereocenters. The highest BCUT2D eigenvalue weighted by molar-refractivity contribution is 7.91. The van der Waals surface area contributed by atoms with Crippen molar-refractivity contribution in [1.82, 2.24) is 14.9 Å². The Morgan fingerprint density at radius 1 is 1.21 bits per heavy atom. The van der Waals surface area contributed by atoms with Gasteiger partial charge in [-0.25, -0.2) is 13.4 Å². The van der Waals surface area contributed by atoms with E-state index in [-0.39, 0.29) is 11.8 Å². The third-order valence-electron chi connectivity index (χ3n) is 5.11. The van der Waals surface area contributed by atoms with Crippen LogP contribution in [0.3, 0.4) is 0 Å². The maximum absolute atomic E-state index is 12.8. The fraction of sp³-hybridized carbons (Fsp3) is 0.286. The highest BCUT2D eigenvalue weighted by Crippen LogP contribution is 2.31. The average molecular weight is 408 g/mol. The average Bonchev–Trinajstić information content (AvgIpc) is 3.34. The first-order valence-corrected chi connectivity index (χ1v) is 11.2. The number of sulfone groups is 1. The Kier molecular flexibility index (Phi) is 5.07. The lowest BCUT2D eigenvalue weighted by Crippen LogP contribution is -2.36. The summed E-state index contributed by atoms with van der Waals surface area (Å²) in [5, 5.41) is 8.84. The Labute approximate surface area is 168 Å². The quantitative estimate of drug-likeness (QED) is 0.698. The number of carbonyl (C=O) groups is 1. The molecule has 4 rings (SSSR count). The van der Waals surface area contributed by atoms with E-state index in [9.17, 15) is 13.2 Å². The maximum atomic E-state index is 12.8. The summed E-state index contributed by atoms with van der Waals surface area (Å²) < 4.78 is 25.1. The molecule has 3 aromatic rings. The summed E-state index contributed by atoms with van der Waals surface area (Å²) in [6.07, 6.45) is 1.56. The summed E-state index contributed by atoms with van der Waals surface area (Å²) in [5.74, 6) is -0.472. The molecule has 0 spiro atoms. The largest absolute Gasteiger partial charge is 0.340 e. The number of hydrogen-bond donors (Lipinski definition) is 1. The van der Waals surface area contributed by atoms with Crippen LogP contribution in [-0.2, 0) is 20.4 Å². The standard InChI is InChI=1S/C21H20N4O3S/c22-12-15-7-9-16(10-8-15)13-29(27,28)14-20(26)25-11-3-6-19(25)21-23-17-4-1-2-5-18(17)24-21/h1-2,4-5,7-10,19H,3,6,11,13-14H2,(H,23,24). The van der Waals surface area contributed by atoms with E-state index >= 15 is 0 Å². The van der Waals surface area contributed by atoms with Crippen LogP contribution < -0.4 is 0 Å². The van der Waals surface area contributed by atoms with E-state index in [1.54, 1.807) is 29.2 Å². The second-order valence-electron chi connectivity index (χ2n) is 7.23. The van der Waals surface area contributed by atoms with Gasteiger partial charge in [0, 0.05) is 6.54 Å². The van der Waals surface area contributed by atoms with Gasteiger partial charge in [0.15, 0.2) is 9.84 Å².